The van der Waals surface area contributed by atoms with E-state index in [2.05, 4.69) is 0 Å². The lowest BCUT2D eigenvalue weighted by molar-refractivity contribution is -0.117. The maximum absolute atomic E-state index is 11.9. The van der Waals surface area contributed by atoms with Crippen LogP contribution in [-0.4, -0.2) is 53.1 Å². The fraction of sp³-hybridized carbons (Fsp3) is 0.750. The molecule has 0 spiro atoms. The lowest BCUT2D eigenvalue weighted by Crippen LogP contribution is -2.38. The van der Waals surface area contributed by atoms with Crippen molar-refractivity contribution in [3.63, 3.8) is 0 Å². The molecule has 0 aromatic carbocycles. The van der Waals surface area contributed by atoms with Crippen LogP contribution < -0.4 is 0 Å². The van der Waals surface area contributed by atoms with Crippen molar-refractivity contribution in [1.82, 2.24) is 0 Å². The summed E-state index contributed by atoms with van der Waals surface area (Å²) >= 11 is 0. The van der Waals surface area contributed by atoms with Crippen molar-refractivity contribution in [2.45, 2.75) is 50.3 Å². The predicted octanol–water partition coefficient (Wildman–Crippen LogP) is -0.446. The Bertz CT molecular complexity index is 388. The molecule has 0 radical (unpaired) electrons. The van der Waals surface area contributed by atoms with Crippen molar-refractivity contribution in [1.29, 1.82) is 0 Å². The third kappa shape index (κ3) is 1.57. The zero-order chi connectivity index (χ0) is 12.2. The Labute approximate surface area is 99.0 Å². The number of epoxide rings is 1. The van der Waals surface area contributed by atoms with Gasteiger partial charge in [0.15, 0.2) is 5.78 Å². The number of ketones is 1. The van der Waals surface area contributed by atoms with E-state index in [0.29, 0.717) is 17.6 Å². The molecule has 5 nitrogen and oxygen atoms in total. The summed E-state index contributed by atoms with van der Waals surface area (Å²) in [6.07, 6.45) is -1.48. The second-order valence-corrected chi connectivity index (χ2v) is 4.85. The first-order chi connectivity index (χ1) is 8.15. The normalized spacial score (nSPS) is 41.2. The van der Waals surface area contributed by atoms with Crippen molar-refractivity contribution in [2.24, 2.45) is 0 Å². The standard InChI is InChI=1S/C12H16O5/c1-2-3-6(13)10-7-5(4-16-10)8(14)11-12(17-11)9(7)15/h6,9-13,15H,2-4H2,1H3/t6-,9-,10-,11-,12+/m1/s1. The molecule has 2 heterocycles. The minimum Gasteiger partial charge on any atom is -0.390 e. The van der Waals surface area contributed by atoms with E-state index in [1.54, 1.807) is 0 Å². The van der Waals surface area contributed by atoms with E-state index in [1.807, 2.05) is 6.92 Å². The van der Waals surface area contributed by atoms with Crippen LogP contribution in [0.5, 0.6) is 0 Å². The SMILES string of the molecule is CCC[C@@H](O)[C@H]1OCC2=C1[C@@H](O)[C@@H]1O[C@@H]1C2=O. The molecule has 2 N–H and O–H groups in total. The molecule has 0 aromatic heterocycles. The lowest BCUT2D eigenvalue weighted by atomic mass is 9.85. The van der Waals surface area contributed by atoms with Gasteiger partial charge < -0.3 is 19.7 Å². The first-order valence-corrected chi connectivity index (χ1v) is 6.05. The van der Waals surface area contributed by atoms with E-state index in [9.17, 15) is 15.0 Å². The van der Waals surface area contributed by atoms with E-state index in [-0.39, 0.29) is 12.4 Å². The van der Waals surface area contributed by atoms with Crippen molar-refractivity contribution < 1.29 is 24.5 Å². The molecule has 2 aliphatic heterocycles. The number of hydrogen-bond donors (Lipinski definition) is 2. The van der Waals surface area contributed by atoms with Gasteiger partial charge in [-0.2, -0.15) is 0 Å². The maximum Gasteiger partial charge on any atom is 0.192 e. The summed E-state index contributed by atoms with van der Waals surface area (Å²) in [4.78, 5) is 11.9. The minimum atomic E-state index is -0.799. The van der Waals surface area contributed by atoms with Crippen molar-refractivity contribution in [2.75, 3.05) is 6.61 Å². The fourth-order valence-electron chi connectivity index (χ4n) is 2.77. The molecule has 0 amide bonds. The highest BCUT2D eigenvalue weighted by atomic mass is 16.6. The number of rotatable bonds is 3. The van der Waals surface area contributed by atoms with Gasteiger partial charge in [-0.05, 0) is 6.42 Å². The van der Waals surface area contributed by atoms with Gasteiger partial charge >= 0.3 is 0 Å². The van der Waals surface area contributed by atoms with Crippen LogP contribution in [-0.2, 0) is 14.3 Å². The molecule has 5 heteroatoms. The maximum atomic E-state index is 11.9. The number of aliphatic hydroxyl groups is 2. The molecule has 3 aliphatic rings. The highest BCUT2D eigenvalue weighted by molar-refractivity contribution is 6.03. The van der Waals surface area contributed by atoms with Gasteiger partial charge in [0.25, 0.3) is 0 Å². The van der Waals surface area contributed by atoms with E-state index in [1.165, 1.54) is 0 Å². The molecule has 94 valence electrons. The molecular weight excluding hydrogens is 224 g/mol. The number of Topliss-reactive ketones (excluding diaryl/α,β-unsaturated/α-hetero) is 1. The number of fused-ring (bicyclic) bond motifs is 1. The van der Waals surface area contributed by atoms with Crippen LogP contribution in [0.15, 0.2) is 11.1 Å². The highest BCUT2D eigenvalue weighted by Gasteiger charge is 2.59. The van der Waals surface area contributed by atoms with Gasteiger partial charge in [0.05, 0.1) is 12.7 Å². The van der Waals surface area contributed by atoms with Gasteiger partial charge in [0.1, 0.15) is 24.4 Å². The van der Waals surface area contributed by atoms with E-state index < -0.39 is 30.5 Å². The van der Waals surface area contributed by atoms with Crippen LogP contribution in [0, 0.1) is 0 Å². The van der Waals surface area contributed by atoms with Gasteiger partial charge in [-0.15, -0.1) is 0 Å². The second-order valence-electron chi connectivity index (χ2n) is 4.85. The average Bonchev–Trinajstić information content (AvgIpc) is 2.98. The predicted molar refractivity (Wildman–Crippen MR) is 57.4 cm³/mol. The van der Waals surface area contributed by atoms with E-state index in [4.69, 9.17) is 9.47 Å². The van der Waals surface area contributed by atoms with Gasteiger partial charge in [0.2, 0.25) is 0 Å². The average molecular weight is 240 g/mol. The molecule has 1 aliphatic carbocycles. The van der Waals surface area contributed by atoms with Crippen LogP contribution in [0.4, 0.5) is 0 Å². The second kappa shape index (κ2) is 3.88. The van der Waals surface area contributed by atoms with Gasteiger partial charge in [-0.1, -0.05) is 13.3 Å². The van der Waals surface area contributed by atoms with Gasteiger partial charge in [0, 0.05) is 11.1 Å². The Morgan fingerprint density at radius 2 is 2.29 bits per heavy atom. The Hall–Kier alpha value is -0.750. The third-order valence-corrected chi connectivity index (χ3v) is 3.71. The molecule has 0 aromatic rings. The van der Waals surface area contributed by atoms with Gasteiger partial charge in [-0.3, -0.25) is 4.79 Å². The molecule has 0 saturated carbocycles. The van der Waals surface area contributed by atoms with E-state index in [0.717, 1.165) is 6.42 Å². The highest BCUT2D eigenvalue weighted by Crippen LogP contribution is 2.43. The quantitative estimate of drug-likeness (QED) is 0.653. The zero-order valence-corrected chi connectivity index (χ0v) is 9.63. The zero-order valence-electron chi connectivity index (χ0n) is 9.63. The smallest absolute Gasteiger partial charge is 0.192 e. The summed E-state index contributed by atoms with van der Waals surface area (Å²) in [6, 6.07) is 0. The molecule has 5 atom stereocenters. The molecular formula is C12H16O5. The summed E-state index contributed by atoms with van der Waals surface area (Å²) < 4.78 is 10.6. The van der Waals surface area contributed by atoms with Crippen LogP contribution in [0.25, 0.3) is 0 Å². The first-order valence-electron chi connectivity index (χ1n) is 6.05. The van der Waals surface area contributed by atoms with Crippen molar-refractivity contribution >= 4 is 5.78 Å². The number of hydrogen-bond acceptors (Lipinski definition) is 5. The topological polar surface area (TPSA) is 79.3 Å². The number of ether oxygens (including phenoxy) is 2. The number of aliphatic hydroxyl groups excluding tert-OH is 2. The molecule has 1 fully saturated rings. The third-order valence-electron chi connectivity index (χ3n) is 3.71. The summed E-state index contributed by atoms with van der Waals surface area (Å²) in [5.74, 6) is -0.0819. The first kappa shape index (κ1) is 11.3. The summed E-state index contributed by atoms with van der Waals surface area (Å²) in [5.41, 5.74) is 1.06. The van der Waals surface area contributed by atoms with Crippen LogP contribution >= 0.6 is 0 Å². The Balaban J connectivity index is 1.88. The number of carbonyl (C=O) groups excluding carboxylic acids is 1. The fourth-order valence-corrected chi connectivity index (χ4v) is 2.77. The minimum absolute atomic E-state index is 0.0819. The molecule has 0 bridgehead atoms. The summed E-state index contributed by atoms with van der Waals surface area (Å²) in [5, 5.41) is 20.0. The van der Waals surface area contributed by atoms with Gasteiger partial charge in [-0.25, -0.2) is 0 Å². The van der Waals surface area contributed by atoms with Crippen LogP contribution in [0.1, 0.15) is 19.8 Å². The monoisotopic (exact) mass is 240 g/mol. The number of carbonyl (C=O) groups is 1. The van der Waals surface area contributed by atoms with E-state index >= 15 is 0 Å². The molecule has 0 unspecified atom stereocenters. The molecule has 1 saturated heterocycles. The largest absolute Gasteiger partial charge is 0.390 e. The molecule has 3 rings (SSSR count). The van der Waals surface area contributed by atoms with Crippen molar-refractivity contribution in [3.8, 4) is 0 Å². The molecule has 17 heavy (non-hydrogen) atoms. The summed E-state index contributed by atoms with van der Waals surface area (Å²) in [6.45, 7) is 2.15. The van der Waals surface area contributed by atoms with Crippen molar-refractivity contribution in [3.05, 3.63) is 11.1 Å². The Kier molecular flexibility index (Phi) is 2.59. The Morgan fingerprint density at radius 3 is 3.00 bits per heavy atom. The van der Waals surface area contributed by atoms with Crippen LogP contribution in [0.2, 0.25) is 0 Å². The lowest BCUT2D eigenvalue weighted by Gasteiger charge is -2.24. The summed E-state index contributed by atoms with van der Waals surface area (Å²) in [7, 11) is 0. The van der Waals surface area contributed by atoms with Crippen LogP contribution in [0.3, 0.4) is 0 Å². The Morgan fingerprint density at radius 1 is 1.53 bits per heavy atom.